The van der Waals surface area contributed by atoms with Gasteiger partial charge in [0.05, 0.1) is 5.69 Å². The molecule has 0 unspecified atom stereocenters. The number of carbonyl (C=O) groups is 1. The molecule has 4 heteroatoms. The lowest BCUT2D eigenvalue weighted by molar-refractivity contribution is -0.131. The van der Waals surface area contributed by atoms with Crippen molar-refractivity contribution in [3.63, 3.8) is 0 Å². The average molecular weight is 368 g/mol. The van der Waals surface area contributed by atoms with E-state index in [1.807, 2.05) is 60.7 Å². The number of pyridine rings is 1. The Hall–Kier alpha value is -2.46. The summed E-state index contributed by atoms with van der Waals surface area (Å²) in [5.74, 6) is 0.127. The lowest BCUT2D eigenvalue weighted by Crippen LogP contribution is -2.02. The van der Waals surface area contributed by atoms with Gasteiger partial charge in [-0.05, 0) is 35.9 Å². The molecule has 0 aliphatic rings. The van der Waals surface area contributed by atoms with Crippen molar-refractivity contribution < 1.29 is 9.53 Å². The van der Waals surface area contributed by atoms with Crippen molar-refractivity contribution in [2.75, 3.05) is 0 Å². The highest BCUT2D eigenvalue weighted by atomic mass is 79.9. The maximum Gasteiger partial charge on any atom is 0.308 e. The maximum absolute atomic E-state index is 11.2. The summed E-state index contributed by atoms with van der Waals surface area (Å²) in [6.07, 6.45) is 3.93. The van der Waals surface area contributed by atoms with E-state index in [1.54, 1.807) is 6.07 Å². The van der Waals surface area contributed by atoms with Crippen LogP contribution in [0.1, 0.15) is 18.2 Å². The first-order chi connectivity index (χ1) is 11.1. The molecule has 0 amide bonds. The smallest absolute Gasteiger partial charge is 0.308 e. The number of ether oxygens (including phenoxy) is 1. The Labute approximate surface area is 142 Å². The van der Waals surface area contributed by atoms with Crippen molar-refractivity contribution in [1.82, 2.24) is 4.98 Å². The molecule has 0 bridgehead atoms. The van der Waals surface area contributed by atoms with Crippen LogP contribution in [0.25, 0.3) is 23.1 Å². The molecule has 0 saturated carbocycles. The summed E-state index contributed by atoms with van der Waals surface area (Å²) in [5, 5.41) is 0.934. The summed E-state index contributed by atoms with van der Waals surface area (Å²) < 4.78 is 6.26. The molecule has 0 radical (unpaired) electrons. The van der Waals surface area contributed by atoms with Crippen molar-refractivity contribution in [2.45, 2.75) is 6.92 Å². The van der Waals surface area contributed by atoms with Gasteiger partial charge in [0, 0.05) is 16.8 Å². The maximum atomic E-state index is 11.2. The summed E-state index contributed by atoms with van der Waals surface area (Å²) in [5.41, 5.74) is 2.56. The van der Waals surface area contributed by atoms with Gasteiger partial charge in [-0.25, -0.2) is 4.98 Å². The van der Waals surface area contributed by atoms with Crippen LogP contribution in [0.3, 0.4) is 0 Å². The van der Waals surface area contributed by atoms with Gasteiger partial charge in [0.25, 0.3) is 0 Å². The van der Waals surface area contributed by atoms with Crippen molar-refractivity contribution in [3.05, 3.63) is 70.3 Å². The molecule has 3 nitrogen and oxygen atoms in total. The van der Waals surface area contributed by atoms with Gasteiger partial charge in [-0.1, -0.05) is 52.3 Å². The second-order valence-electron chi connectivity index (χ2n) is 5.05. The first-order valence-electron chi connectivity index (χ1n) is 7.14. The number of hydrogen-bond donors (Lipinski definition) is 0. The minimum absolute atomic E-state index is 0.352. The van der Waals surface area contributed by atoms with Crippen LogP contribution in [0.4, 0.5) is 0 Å². The Kier molecular flexibility index (Phi) is 4.53. The highest BCUT2D eigenvalue weighted by molar-refractivity contribution is 9.10. The first kappa shape index (κ1) is 15.4. The van der Waals surface area contributed by atoms with E-state index < -0.39 is 0 Å². The molecule has 0 saturated heterocycles. The third kappa shape index (κ3) is 3.85. The van der Waals surface area contributed by atoms with E-state index in [4.69, 9.17) is 4.74 Å². The van der Waals surface area contributed by atoms with E-state index in [0.717, 1.165) is 21.1 Å². The van der Waals surface area contributed by atoms with Gasteiger partial charge >= 0.3 is 5.97 Å². The molecule has 0 N–H and O–H groups in total. The summed E-state index contributed by atoms with van der Waals surface area (Å²) in [6, 6.07) is 17.5. The number of nitrogens with zero attached hydrogens (tertiary/aromatic N) is 1. The molecule has 1 aromatic heterocycles. The first-order valence-corrected chi connectivity index (χ1v) is 7.93. The minimum Gasteiger partial charge on any atom is -0.424 e. The number of halogens is 1. The van der Waals surface area contributed by atoms with Gasteiger partial charge in [-0.2, -0.15) is 0 Å². The fraction of sp³-hybridized carbons (Fsp3) is 0.0526. The fourth-order valence-corrected chi connectivity index (χ4v) is 2.67. The van der Waals surface area contributed by atoms with Gasteiger partial charge in [-0.15, -0.1) is 0 Å². The van der Waals surface area contributed by atoms with Crippen molar-refractivity contribution in [2.24, 2.45) is 0 Å². The zero-order valence-corrected chi connectivity index (χ0v) is 14.1. The second-order valence-corrected chi connectivity index (χ2v) is 5.96. The third-order valence-corrected chi connectivity index (χ3v) is 3.75. The molecule has 0 aliphatic heterocycles. The van der Waals surface area contributed by atoms with Crippen LogP contribution in [-0.4, -0.2) is 11.0 Å². The summed E-state index contributed by atoms with van der Waals surface area (Å²) in [6.45, 7) is 1.38. The molecule has 0 atom stereocenters. The quantitative estimate of drug-likeness (QED) is 0.477. The summed E-state index contributed by atoms with van der Waals surface area (Å²) in [7, 11) is 0. The van der Waals surface area contributed by atoms with E-state index in [2.05, 4.69) is 20.9 Å². The Morgan fingerprint density at radius 1 is 1.09 bits per heavy atom. The summed E-state index contributed by atoms with van der Waals surface area (Å²) >= 11 is 3.46. The fourth-order valence-electron chi connectivity index (χ4n) is 2.26. The summed E-state index contributed by atoms with van der Waals surface area (Å²) in [4.78, 5) is 15.8. The van der Waals surface area contributed by atoms with Crippen molar-refractivity contribution >= 4 is 45.0 Å². The normalized spacial score (nSPS) is 11.0. The average Bonchev–Trinajstić information content (AvgIpc) is 2.53. The van der Waals surface area contributed by atoms with Crippen LogP contribution in [-0.2, 0) is 4.79 Å². The third-order valence-electron chi connectivity index (χ3n) is 3.25. The Bertz CT molecular complexity index is 903. The molecular formula is C19H14BrNO2. The Morgan fingerprint density at radius 3 is 2.70 bits per heavy atom. The van der Waals surface area contributed by atoms with Crippen molar-refractivity contribution in [1.29, 1.82) is 0 Å². The van der Waals surface area contributed by atoms with E-state index in [0.29, 0.717) is 11.3 Å². The largest absolute Gasteiger partial charge is 0.424 e. The van der Waals surface area contributed by atoms with Crippen LogP contribution >= 0.6 is 15.9 Å². The predicted molar refractivity (Wildman–Crippen MR) is 96.1 cm³/mol. The van der Waals surface area contributed by atoms with Crippen LogP contribution < -0.4 is 4.74 Å². The van der Waals surface area contributed by atoms with Gasteiger partial charge < -0.3 is 4.74 Å². The zero-order chi connectivity index (χ0) is 16.2. The standard InChI is InChI=1S/C19H14BrNO2/c1-13(22)23-18-7-3-5-15-9-11-17(21-19(15)18)10-8-14-4-2-6-16(20)12-14/h2-12H,1H3/b10-8+. The number of hydrogen-bond acceptors (Lipinski definition) is 3. The molecule has 114 valence electrons. The second kappa shape index (κ2) is 6.75. The molecule has 3 rings (SSSR count). The molecule has 0 spiro atoms. The highest BCUT2D eigenvalue weighted by Crippen LogP contribution is 2.24. The minimum atomic E-state index is -0.352. The zero-order valence-electron chi connectivity index (χ0n) is 12.5. The number of esters is 1. The van der Waals surface area contributed by atoms with E-state index in [1.165, 1.54) is 6.92 Å². The lowest BCUT2D eigenvalue weighted by atomic mass is 10.1. The lowest BCUT2D eigenvalue weighted by Gasteiger charge is -2.06. The van der Waals surface area contributed by atoms with Crippen LogP contribution in [0.2, 0.25) is 0 Å². The molecule has 1 heterocycles. The van der Waals surface area contributed by atoms with Gasteiger partial charge in [0.1, 0.15) is 5.52 Å². The van der Waals surface area contributed by atoms with Gasteiger partial charge in [0.2, 0.25) is 0 Å². The monoisotopic (exact) mass is 367 g/mol. The van der Waals surface area contributed by atoms with E-state index in [9.17, 15) is 4.79 Å². The predicted octanol–water partition coefficient (Wildman–Crippen LogP) is 5.09. The molecule has 2 aromatic carbocycles. The van der Waals surface area contributed by atoms with Crippen LogP contribution in [0.5, 0.6) is 5.75 Å². The van der Waals surface area contributed by atoms with Crippen LogP contribution in [0, 0.1) is 0 Å². The number of rotatable bonds is 3. The Morgan fingerprint density at radius 2 is 1.91 bits per heavy atom. The highest BCUT2D eigenvalue weighted by Gasteiger charge is 2.06. The van der Waals surface area contributed by atoms with Crippen LogP contribution in [0.15, 0.2) is 59.1 Å². The molecule has 3 aromatic rings. The van der Waals surface area contributed by atoms with E-state index >= 15 is 0 Å². The molecule has 0 aliphatic carbocycles. The molecule has 23 heavy (non-hydrogen) atoms. The molecule has 0 fully saturated rings. The number of para-hydroxylation sites is 1. The Balaban J connectivity index is 1.97. The van der Waals surface area contributed by atoms with E-state index in [-0.39, 0.29) is 5.97 Å². The number of aromatic nitrogens is 1. The number of benzene rings is 2. The number of fused-ring (bicyclic) bond motifs is 1. The number of carbonyl (C=O) groups excluding carboxylic acids is 1. The SMILES string of the molecule is CC(=O)Oc1cccc2ccc(/C=C/c3cccc(Br)c3)nc12. The molecular weight excluding hydrogens is 354 g/mol. The van der Waals surface area contributed by atoms with Gasteiger partial charge in [0.15, 0.2) is 5.75 Å². The van der Waals surface area contributed by atoms with Crippen molar-refractivity contribution in [3.8, 4) is 5.75 Å². The topological polar surface area (TPSA) is 39.2 Å². The van der Waals surface area contributed by atoms with Gasteiger partial charge in [-0.3, -0.25) is 4.79 Å².